The average molecular weight is 350 g/mol. The number of benzene rings is 3. The third-order valence-corrected chi connectivity index (χ3v) is 4.76. The fourth-order valence-corrected chi connectivity index (χ4v) is 3.47. The highest BCUT2D eigenvalue weighted by molar-refractivity contribution is 5.77. The number of H-pyrrole nitrogens is 2. The predicted molar refractivity (Wildman–Crippen MR) is 108 cm³/mol. The quantitative estimate of drug-likeness (QED) is 0.467. The van der Waals surface area contributed by atoms with Crippen molar-refractivity contribution < 1.29 is 0 Å². The predicted octanol–water partition coefficient (Wildman–Crippen LogP) is 5.21. The average Bonchev–Trinajstić information content (AvgIpc) is 3.33. The van der Waals surface area contributed by atoms with Gasteiger partial charge in [0.25, 0.3) is 0 Å². The van der Waals surface area contributed by atoms with Crippen LogP contribution in [0.3, 0.4) is 0 Å². The zero-order valence-electron chi connectivity index (χ0n) is 14.7. The molecule has 0 amide bonds. The Morgan fingerprint density at radius 1 is 0.704 bits per heavy atom. The molecule has 5 rings (SSSR count). The van der Waals surface area contributed by atoms with E-state index in [2.05, 4.69) is 45.5 Å². The van der Waals surface area contributed by atoms with Gasteiger partial charge in [-0.1, -0.05) is 72.8 Å². The third-order valence-electron chi connectivity index (χ3n) is 4.76. The molecule has 0 unspecified atom stereocenters. The molecule has 0 atom stereocenters. The fraction of sp³-hybridized carbons (Fsp3) is 0.0435. The lowest BCUT2D eigenvalue weighted by Gasteiger charge is -2.05. The molecular formula is C23H18N4. The molecule has 0 radical (unpaired) electrons. The number of nitrogens with zero attached hydrogens (tertiary/aromatic N) is 2. The molecule has 0 bridgehead atoms. The Kier molecular flexibility index (Phi) is 3.79. The van der Waals surface area contributed by atoms with Crippen molar-refractivity contribution in [2.24, 2.45) is 0 Å². The summed E-state index contributed by atoms with van der Waals surface area (Å²) < 4.78 is 0. The number of imidazole rings is 1. The normalized spacial score (nSPS) is 11.1. The van der Waals surface area contributed by atoms with Crippen molar-refractivity contribution in [3.63, 3.8) is 0 Å². The molecule has 3 aromatic carbocycles. The van der Waals surface area contributed by atoms with E-state index < -0.39 is 0 Å². The van der Waals surface area contributed by atoms with Crippen molar-refractivity contribution in [2.75, 3.05) is 0 Å². The maximum atomic E-state index is 4.76. The topological polar surface area (TPSA) is 57.4 Å². The zero-order valence-corrected chi connectivity index (χ0v) is 14.7. The Hall–Kier alpha value is -3.66. The van der Waals surface area contributed by atoms with E-state index in [-0.39, 0.29) is 0 Å². The van der Waals surface area contributed by atoms with Gasteiger partial charge in [0.1, 0.15) is 5.82 Å². The number of hydrogen-bond donors (Lipinski definition) is 2. The van der Waals surface area contributed by atoms with Crippen molar-refractivity contribution in [3.8, 4) is 22.5 Å². The summed E-state index contributed by atoms with van der Waals surface area (Å²) >= 11 is 0. The first-order valence-electron chi connectivity index (χ1n) is 9.00. The molecule has 0 aliphatic carbocycles. The van der Waals surface area contributed by atoms with Crippen LogP contribution in [0.25, 0.3) is 33.5 Å². The van der Waals surface area contributed by atoms with Crippen LogP contribution in [0.1, 0.15) is 11.4 Å². The highest BCUT2D eigenvalue weighted by Gasteiger charge is 2.18. The van der Waals surface area contributed by atoms with Gasteiger partial charge in [-0.2, -0.15) is 5.10 Å². The number of aromatic amines is 2. The van der Waals surface area contributed by atoms with Crippen molar-refractivity contribution in [3.05, 3.63) is 96.3 Å². The molecule has 27 heavy (non-hydrogen) atoms. The Labute approximate surface area is 156 Å². The molecule has 0 saturated carbocycles. The minimum absolute atomic E-state index is 0.680. The van der Waals surface area contributed by atoms with Gasteiger partial charge in [-0.15, -0.1) is 0 Å². The maximum absolute atomic E-state index is 4.76. The van der Waals surface area contributed by atoms with E-state index in [1.54, 1.807) is 0 Å². The monoisotopic (exact) mass is 350 g/mol. The molecular weight excluding hydrogens is 332 g/mol. The van der Waals surface area contributed by atoms with E-state index in [4.69, 9.17) is 4.98 Å². The van der Waals surface area contributed by atoms with E-state index >= 15 is 0 Å². The summed E-state index contributed by atoms with van der Waals surface area (Å²) in [6.07, 6.45) is 0.680. The van der Waals surface area contributed by atoms with Crippen molar-refractivity contribution in [1.29, 1.82) is 0 Å². The van der Waals surface area contributed by atoms with Gasteiger partial charge in [0.2, 0.25) is 0 Å². The van der Waals surface area contributed by atoms with Gasteiger partial charge in [0.15, 0.2) is 0 Å². The van der Waals surface area contributed by atoms with E-state index in [0.29, 0.717) is 6.42 Å². The van der Waals surface area contributed by atoms with Gasteiger partial charge >= 0.3 is 0 Å². The summed E-state index contributed by atoms with van der Waals surface area (Å²) in [5.41, 5.74) is 7.41. The van der Waals surface area contributed by atoms with Gasteiger partial charge in [-0.25, -0.2) is 4.98 Å². The van der Waals surface area contributed by atoms with Gasteiger partial charge in [0, 0.05) is 17.5 Å². The second kappa shape index (κ2) is 6.57. The van der Waals surface area contributed by atoms with Gasteiger partial charge in [0.05, 0.1) is 22.4 Å². The van der Waals surface area contributed by atoms with Crippen LogP contribution in [-0.2, 0) is 6.42 Å². The largest absolute Gasteiger partial charge is 0.342 e. The van der Waals surface area contributed by atoms with Crippen molar-refractivity contribution >= 4 is 11.0 Å². The maximum Gasteiger partial charge on any atom is 0.111 e. The molecule has 0 saturated heterocycles. The molecule has 4 nitrogen and oxygen atoms in total. The number of aromatic nitrogens is 4. The van der Waals surface area contributed by atoms with Crippen LogP contribution in [0.15, 0.2) is 84.9 Å². The van der Waals surface area contributed by atoms with E-state index in [1.165, 1.54) is 0 Å². The first kappa shape index (κ1) is 15.6. The molecule has 0 aliphatic heterocycles. The molecule has 5 aromatic rings. The van der Waals surface area contributed by atoms with Gasteiger partial charge in [-0.3, -0.25) is 5.10 Å². The molecule has 0 aliphatic rings. The highest BCUT2D eigenvalue weighted by atomic mass is 15.1. The van der Waals surface area contributed by atoms with Crippen LogP contribution < -0.4 is 0 Å². The number of hydrogen-bond acceptors (Lipinski definition) is 2. The molecule has 2 aromatic heterocycles. The summed E-state index contributed by atoms with van der Waals surface area (Å²) in [6.45, 7) is 0. The summed E-state index contributed by atoms with van der Waals surface area (Å²) in [7, 11) is 0. The van der Waals surface area contributed by atoms with Gasteiger partial charge in [-0.05, 0) is 17.7 Å². The Morgan fingerprint density at radius 2 is 1.37 bits per heavy atom. The molecule has 2 heterocycles. The molecule has 4 heteroatoms. The second-order valence-corrected chi connectivity index (χ2v) is 6.54. The summed E-state index contributed by atoms with van der Waals surface area (Å²) in [4.78, 5) is 8.20. The highest BCUT2D eigenvalue weighted by Crippen LogP contribution is 2.31. The Morgan fingerprint density at radius 3 is 2.11 bits per heavy atom. The molecule has 130 valence electrons. The second-order valence-electron chi connectivity index (χ2n) is 6.54. The number of rotatable bonds is 4. The summed E-state index contributed by atoms with van der Waals surface area (Å²) in [6, 6.07) is 28.7. The first-order valence-corrected chi connectivity index (χ1v) is 9.00. The van der Waals surface area contributed by atoms with E-state index in [1.807, 2.05) is 54.6 Å². The standard InChI is InChI=1S/C23H18N4/c1-3-9-16(10-4-1)22-18(23(27-26-22)17-11-5-2-6-12-17)15-21-24-19-13-7-8-14-20(19)25-21/h1-14H,15H2,(H,24,25)(H,26,27). The fourth-order valence-electron chi connectivity index (χ4n) is 3.47. The minimum Gasteiger partial charge on any atom is -0.342 e. The lowest BCUT2D eigenvalue weighted by atomic mass is 9.99. The van der Waals surface area contributed by atoms with Gasteiger partial charge < -0.3 is 4.98 Å². The third kappa shape index (κ3) is 2.91. The van der Waals surface area contributed by atoms with Crippen molar-refractivity contribution in [2.45, 2.75) is 6.42 Å². The smallest absolute Gasteiger partial charge is 0.111 e. The molecule has 0 spiro atoms. The van der Waals surface area contributed by atoms with Crippen LogP contribution >= 0.6 is 0 Å². The number of nitrogens with one attached hydrogen (secondary N) is 2. The zero-order chi connectivity index (χ0) is 18.1. The minimum atomic E-state index is 0.680. The summed E-state index contributed by atoms with van der Waals surface area (Å²) in [5.74, 6) is 0.937. The van der Waals surface area contributed by atoms with Crippen LogP contribution in [-0.4, -0.2) is 20.2 Å². The number of fused-ring (bicyclic) bond motifs is 1. The van der Waals surface area contributed by atoms with Crippen LogP contribution in [0.5, 0.6) is 0 Å². The number of para-hydroxylation sites is 2. The lowest BCUT2D eigenvalue weighted by molar-refractivity contribution is 1.04. The molecule has 2 N–H and O–H groups in total. The van der Waals surface area contributed by atoms with Crippen LogP contribution in [0.4, 0.5) is 0 Å². The van der Waals surface area contributed by atoms with Crippen LogP contribution in [0, 0.1) is 0 Å². The Bertz CT molecular complexity index is 1100. The summed E-state index contributed by atoms with van der Waals surface area (Å²) in [5, 5.41) is 7.90. The first-order chi connectivity index (χ1) is 13.4. The SMILES string of the molecule is c1ccc(-c2n[nH]c(-c3ccccc3)c2Cc2nc3ccccc3[nH]2)cc1. The Balaban J connectivity index is 1.65. The van der Waals surface area contributed by atoms with Crippen molar-refractivity contribution in [1.82, 2.24) is 20.2 Å². The van der Waals surface area contributed by atoms with E-state index in [0.717, 1.165) is 44.9 Å². The lowest BCUT2D eigenvalue weighted by Crippen LogP contribution is -1.95. The molecule has 0 fully saturated rings. The van der Waals surface area contributed by atoms with Crippen LogP contribution in [0.2, 0.25) is 0 Å². The van der Waals surface area contributed by atoms with E-state index in [9.17, 15) is 0 Å².